The number of ether oxygens (including phenoxy) is 1. The van der Waals surface area contributed by atoms with E-state index in [2.05, 4.69) is 5.10 Å². The van der Waals surface area contributed by atoms with Crippen LogP contribution in [0.15, 0.2) is 6.08 Å². The zero-order valence-electron chi connectivity index (χ0n) is 10.7. The summed E-state index contributed by atoms with van der Waals surface area (Å²) in [6.45, 7) is 7.99. The van der Waals surface area contributed by atoms with Gasteiger partial charge in [-0.05, 0) is 33.8 Å². The number of nitrogens with two attached hydrogens (primary N) is 1. The van der Waals surface area contributed by atoms with Crippen LogP contribution in [0.2, 0.25) is 0 Å². The first-order valence-corrected chi connectivity index (χ1v) is 5.66. The van der Waals surface area contributed by atoms with E-state index in [4.69, 9.17) is 10.5 Å². The molecule has 0 atom stereocenters. The lowest BCUT2D eigenvalue weighted by Crippen LogP contribution is -2.06. The Morgan fingerprint density at radius 3 is 2.76 bits per heavy atom. The second-order valence-corrected chi connectivity index (χ2v) is 4.01. The molecule has 0 spiro atoms. The van der Waals surface area contributed by atoms with Gasteiger partial charge in [-0.25, -0.2) is 4.79 Å². The molecule has 17 heavy (non-hydrogen) atoms. The Morgan fingerprint density at radius 2 is 2.24 bits per heavy atom. The maximum atomic E-state index is 11.2. The average molecular weight is 237 g/mol. The number of carbonyl (C=O) groups excluding carboxylic acids is 1. The van der Waals surface area contributed by atoms with Gasteiger partial charge in [0, 0.05) is 12.1 Å². The largest absolute Gasteiger partial charge is 0.463 e. The lowest BCUT2D eigenvalue weighted by molar-refractivity contribution is -0.137. The maximum Gasteiger partial charge on any atom is 0.330 e. The molecule has 0 aliphatic rings. The first kappa shape index (κ1) is 13.3. The molecule has 0 aliphatic carbocycles. The van der Waals surface area contributed by atoms with Crippen LogP contribution in [0, 0.1) is 6.92 Å². The van der Waals surface area contributed by atoms with Gasteiger partial charge in [-0.2, -0.15) is 5.10 Å². The number of hydrogen-bond acceptors (Lipinski definition) is 4. The van der Waals surface area contributed by atoms with E-state index in [-0.39, 0.29) is 12.0 Å². The zero-order chi connectivity index (χ0) is 13.0. The summed E-state index contributed by atoms with van der Waals surface area (Å²) in [4.78, 5) is 11.2. The van der Waals surface area contributed by atoms with Crippen LogP contribution in [0.4, 0.5) is 5.69 Å². The summed E-state index contributed by atoms with van der Waals surface area (Å²) in [6, 6.07) is 0.188. The Labute approximate surface area is 101 Å². The van der Waals surface area contributed by atoms with Gasteiger partial charge >= 0.3 is 5.97 Å². The highest BCUT2D eigenvalue weighted by molar-refractivity contribution is 5.87. The Hall–Kier alpha value is -1.78. The predicted molar refractivity (Wildman–Crippen MR) is 67.4 cm³/mol. The average Bonchev–Trinajstić information content (AvgIpc) is 2.54. The molecule has 94 valence electrons. The van der Waals surface area contributed by atoms with Crippen LogP contribution in [0.5, 0.6) is 0 Å². The molecule has 0 aromatic carbocycles. The van der Waals surface area contributed by atoms with Crippen molar-refractivity contribution < 1.29 is 9.53 Å². The second kappa shape index (κ2) is 5.52. The number of aryl methyl sites for hydroxylation is 1. The molecule has 5 heteroatoms. The van der Waals surface area contributed by atoms with Crippen LogP contribution in [0.25, 0.3) is 6.08 Å². The van der Waals surface area contributed by atoms with Crippen LogP contribution in [-0.2, 0) is 9.53 Å². The van der Waals surface area contributed by atoms with Gasteiger partial charge in [0.05, 0.1) is 23.7 Å². The zero-order valence-corrected chi connectivity index (χ0v) is 10.7. The molecule has 1 heterocycles. The van der Waals surface area contributed by atoms with E-state index in [0.29, 0.717) is 12.3 Å². The summed E-state index contributed by atoms with van der Waals surface area (Å²) in [5, 5.41) is 4.32. The van der Waals surface area contributed by atoms with Crippen molar-refractivity contribution in [2.45, 2.75) is 33.7 Å². The van der Waals surface area contributed by atoms with E-state index < -0.39 is 0 Å². The lowest BCUT2D eigenvalue weighted by Gasteiger charge is -2.08. The van der Waals surface area contributed by atoms with Crippen molar-refractivity contribution in [1.29, 1.82) is 0 Å². The number of hydrogen-bond donors (Lipinski definition) is 1. The monoisotopic (exact) mass is 237 g/mol. The number of nitrogen functional groups attached to an aromatic ring is 1. The fraction of sp³-hybridized carbons (Fsp3) is 0.500. The van der Waals surface area contributed by atoms with E-state index in [1.807, 2.05) is 20.8 Å². The summed E-state index contributed by atoms with van der Waals surface area (Å²) in [5.41, 5.74) is 8.02. The van der Waals surface area contributed by atoms with Gasteiger partial charge in [0.1, 0.15) is 0 Å². The first-order chi connectivity index (χ1) is 7.97. The van der Waals surface area contributed by atoms with Crippen LogP contribution >= 0.6 is 0 Å². The van der Waals surface area contributed by atoms with Gasteiger partial charge in [-0.3, -0.25) is 4.68 Å². The highest BCUT2D eigenvalue weighted by Crippen LogP contribution is 2.21. The Morgan fingerprint density at radius 1 is 1.59 bits per heavy atom. The van der Waals surface area contributed by atoms with E-state index in [1.165, 1.54) is 6.08 Å². The Balaban J connectivity index is 3.00. The van der Waals surface area contributed by atoms with E-state index in [1.54, 1.807) is 17.7 Å². The van der Waals surface area contributed by atoms with Gasteiger partial charge in [0.2, 0.25) is 0 Å². The third-order valence-corrected chi connectivity index (χ3v) is 2.32. The highest BCUT2D eigenvalue weighted by Gasteiger charge is 2.12. The molecule has 0 saturated heterocycles. The summed E-state index contributed by atoms with van der Waals surface area (Å²) in [6.07, 6.45) is 3.02. The van der Waals surface area contributed by atoms with Crippen molar-refractivity contribution >= 4 is 17.7 Å². The third-order valence-electron chi connectivity index (χ3n) is 2.32. The first-order valence-electron chi connectivity index (χ1n) is 5.66. The van der Waals surface area contributed by atoms with Crippen LogP contribution in [0.3, 0.4) is 0 Å². The Bertz CT molecular complexity index is 433. The van der Waals surface area contributed by atoms with Gasteiger partial charge in [-0.1, -0.05) is 0 Å². The van der Waals surface area contributed by atoms with Crippen LogP contribution in [-0.4, -0.2) is 22.4 Å². The lowest BCUT2D eigenvalue weighted by atomic mass is 10.2. The van der Waals surface area contributed by atoms with Gasteiger partial charge in [0.25, 0.3) is 0 Å². The van der Waals surface area contributed by atoms with Gasteiger partial charge < -0.3 is 10.5 Å². The SMILES string of the molecule is CCOC(=O)/C=C/c1c(N)c(C)nn1C(C)C. The van der Waals surface area contributed by atoms with Crippen LogP contribution < -0.4 is 5.73 Å². The highest BCUT2D eigenvalue weighted by atomic mass is 16.5. The van der Waals surface area contributed by atoms with Crippen molar-refractivity contribution in [3.05, 3.63) is 17.5 Å². The molecule has 1 rings (SSSR count). The minimum atomic E-state index is -0.374. The van der Waals surface area contributed by atoms with Crippen molar-refractivity contribution in [2.24, 2.45) is 0 Å². The fourth-order valence-electron chi connectivity index (χ4n) is 1.48. The van der Waals surface area contributed by atoms with Gasteiger partial charge in [0.15, 0.2) is 0 Å². The molecule has 1 aromatic heterocycles. The van der Waals surface area contributed by atoms with Crippen molar-refractivity contribution in [2.75, 3.05) is 12.3 Å². The fourth-order valence-corrected chi connectivity index (χ4v) is 1.48. The number of nitrogens with zero attached hydrogens (tertiary/aromatic N) is 2. The maximum absolute atomic E-state index is 11.2. The Kier molecular flexibility index (Phi) is 4.31. The number of esters is 1. The van der Waals surface area contributed by atoms with Crippen molar-refractivity contribution in [1.82, 2.24) is 9.78 Å². The molecule has 0 bridgehead atoms. The molecule has 0 unspecified atom stereocenters. The molecule has 5 nitrogen and oxygen atoms in total. The number of rotatable bonds is 4. The quantitative estimate of drug-likeness (QED) is 0.641. The predicted octanol–water partition coefficient (Wildman–Crippen LogP) is 1.93. The van der Waals surface area contributed by atoms with Crippen LogP contribution in [0.1, 0.15) is 38.2 Å². The third kappa shape index (κ3) is 3.09. The van der Waals surface area contributed by atoms with Gasteiger partial charge in [-0.15, -0.1) is 0 Å². The number of aromatic nitrogens is 2. The molecule has 2 N–H and O–H groups in total. The van der Waals surface area contributed by atoms with E-state index in [0.717, 1.165) is 11.4 Å². The normalized spacial score (nSPS) is 11.4. The molecular weight excluding hydrogens is 218 g/mol. The summed E-state index contributed by atoms with van der Waals surface area (Å²) >= 11 is 0. The molecule has 1 aromatic rings. The number of anilines is 1. The smallest absolute Gasteiger partial charge is 0.330 e. The molecule has 0 saturated carbocycles. The molecule has 0 amide bonds. The topological polar surface area (TPSA) is 70.1 Å². The second-order valence-electron chi connectivity index (χ2n) is 4.01. The minimum absolute atomic E-state index is 0.188. The molecular formula is C12H19N3O2. The minimum Gasteiger partial charge on any atom is -0.463 e. The standard InChI is InChI=1S/C12H19N3O2/c1-5-17-11(16)7-6-10-12(13)9(4)14-15(10)8(2)3/h6-8H,5,13H2,1-4H3/b7-6+. The summed E-state index contributed by atoms with van der Waals surface area (Å²) < 4.78 is 6.61. The van der Waals surface area contributed by atoms with E-state index >= 15 is 0 Å². The summed E-state index contributed by atoms with van der Waals surface area (Å²) in [5.74, 6) is -0.374. The molecule has 0 fully saturated rings. The summed E-state index contributed by atoms with van der Waals surface area (Å²) in [7, 11) is 0. The molecule has 0 aliphatic heterocycles. The van der Waals surface area contributed by atoms with Crippen molar-refractivity contribution in [3.63, 3.8) is 0 Å². The molecule has 0 radical (unpaired) electrons. The van der Waals surface area contributed by atoms with E-state index in [9.17, 15) is 4.79 Å². The number of carbonyl (C=O) groups is 1. The van der Waals surface area contributed by atoms with Crippen molar-refractivity contribution in [3.8, 4) is 0 Å².